The summed E-state index contributed by atoms with van der Waals surface area (Å²) in [6, 6.07) is 23.7. The Hall–Kier alpha value is -4.39. The average Bonchev–Trinajstić information content (AvgIpc) is 3.29. The zero-order chi connectivity index (χ0) is 26.4. The Morgan fingerprint density at radius 3 is 2.14 bits per heavy atom. The molecule has 4 rings (SSSR count). The molecule has 0 N–H and O–H groups in total. The van der Waals surface area contributed by atoms with Crippen LogP contribution in [-0.4, -0.2) is 38.7 Å². The van der Waals surface area contributed by atoms with E-state index in [1.54, 1.807) is 28.4 Å². The zero-order valence-corrected chi connectivity index (χ0v) is 22.1. The van der Waals surface area contributed by atoms with Crippen molar-refractivity contribution in [2.24, 2.45) is 5.16 Å². The Morgan fingerprint density at radius 1 is 0.757 bits per heavy atom. The Balaban J connectivity index is 1.75. The van der Waals surface area contributed by atoms with Crippen LogP contribution in [0.2, 0.25) is 0 Å². The average molecular weight is 501 g/mol. The van der Waals surface area contributed by atoms with Crippen LogP contribution in [0, 0.1) is 6.92 Å². The van der Waals surface area contributed by atoms with Crippen LogP contribution in [0.3, 0.4) is 0 Å². The van der Waals surface area contributed by atoms with Gasteiger partial charge in [-0.05, 0) is 67.9 Å². The first-order valence-corrected chi connectivity index (χ1v) is 11.9. The summed E-state index contributed by atoms with van der Waals surface area (Å²) in [7, 11) is 6.57. The highest BCUT2D eigenvalue weighted by Gasteiger charge is 2.19. The van der Waals surface area contributed by atoms with E-state index in [0.717, 1.165) is 51.0 Å². The molecule has 192 valence electrons. The van der Waals surface area contributed by atoms with E-state index in [0.29, 0.717) is 18.1 Å². The number of rotatable bonds is 10. The van der Waals surface area contributed by atoms with Crippen molar-refractivity contribution in [1.29, 1.82) is 0 Å². The van der Waals surface area contributed by atoms with E-state index in [-0.39, 0.29) is 0 Å². The summed E-state index contributed by atoms with van der Waals surface area (Å²) in [5.74, 6) is 2.89. The highest BCUT2D eigenvalue weighted by atomic mass is 16.6. The summed E-state index contributed by atoms with van der Waals surface area (Å²) in [5, 5.41) is 4.44. The lowest BCUT2D eigenvalue weighted by atomic mass is 10.1. The largest absolute Gasteiger partial charge is 0.497 e. The summed E-state index contributed by atoms with van der Waals surface area (Å²) in [4.78, 5) is 5.74. The monoisotopic (exact) mass is 500 g/mol. The molecule has 7 nitrogen and oxygen atoms in total. The van der Waals surface area contributed by atoms with Crippen molar-refractivity contribution < 1.29 is 23.8 Å². The van der Waals surface area contributed by atoms with Crippen LogP contribution in [0.5, 0.6) is 23.0 Å². The van der Waals surface area contributed by atoms with Gasteiger partial charge in [0.05, 0.1) is 39.8 Å². The van der Waals surface area contributed by atoms with Gasteiger partial charge in [0.25, 0.3) is 0 Å². The second kappa shape index (κ2) is 11.6. The third-order valence-corrected chi connectivity index (χ3v) is 6.26. The van der Waals surface area contributed by atoms with E-state index in [1.807, 2.05) is 73.7 Å². The second-order valence-corrected chi connectivity index (χ2v) is 8.39. The van der Waals surface area contributed by atoms with Gasteiger partial charge in [-0.15, -0.1) is 0 Å². The summed E-state index contributed by atoms with van der Waals surface area (Å²) in [5.41, 5.74) is 6.66. The number of hydrogen-bond acceptors (Lipinski definition) is 6. The van der Waals surface area contributed by atoms with Crippen LogP contribution in [0.1, 0.15) is 23.7 Å². The maximum absolute atomic E-state index is 5.74. The number of ether oxygens (including phenoxy) is 4. The van der Waals surface area contributed by atoms with E-state index >= 15 is 0 Å². The molecule has 37 heavy (non-hydrogen) atoms. The standard InChI is InChI=1S/C30H32N2O5/c1-20(31-37-19-23-9-7-8-10-28(23)34-4)26-18-27(22-11-14-25(33-3)15-12-22)32(21(26)2)24-13-16-29(35-5)30(17-24)36-6/h7-18H,19H2,1-6H3/b31-20+. The van der Waals surface area contributed by atoms with Crippen molar-refractivity contribution in [1.82, 2.24) is 4.57 Å². The minimum Gasteiger partial charge on any atom is -0.497 e. The van der Waals surface area contributed by atoms with Crippen molar-refractivity contribution in [2.45, 2.75) is 20.5 Å². The van der Waals surface area contributed by atoms with Crippen LogP contribution in [0.15, 0.2) is 78.0 Å². The lowest BCUT2D eigenvalue weighted by Gasteiger charge is -2.15. The molecule has 0 atom stereocenters. The fourth-order valence-electron chi connectivity index (χ4n) is 4.31. The maximum Gasteiger partial charge on any atom is 0.162 e. The molecule has 3 aromatic carbocycles. The maximum atomic E-state index is 5.74. The van der Waals surface area contributed by atoms with Gasteiger partial charge in [0.2, 0.25) is 0 Å². The van der Waals surface area contributed by atoms with E-state index in [9.17, 15) is 0 Å². The molecule has 0 saturated carbocycles. The number of nitrogens with zero attached hydrogens (tertiary/aromatic N) is 2. The number of para-hydroxylation sites is 1. The highest BCUT2D eigenvalue weighted by Crippen LogP contribution is 2.35. The lowest BCUT2D eigenvalue weighted by Crippen LogP contribution is -2.03. The normalized spacial score (nSPS) is 11.2. The molecule has 7 heteroatoms. The summed E-state index contributed by atoms with van der Waals surface area (Å²) in [6.07, 6.45) is 0. The smallest absolute Gasteiger partial charge is 0.162 e. The number of hydrogen-bond donors (Lipinski definition) is 0. The van der Waals surface area contributed by atoms with Gasteiger partial charge in [-0.25, -0.2) is 0 Å². The van der Waals surface area contributed by atoms with Crippen molar-refractivity contribution in [3.8, 4) is 39.9 Å². The molecule has 0 spiro atoms. The number of methoxy groups -OCH3 is 4. The quantitative estimate of drug-likeness (QED) is 0.186. The van der Waals surface area contributed by atoms with E-state index in [1.165, 1.54) is 0 Å². The van der Waals surface area contributed by atoms with Crippen LogP contribution in [0.25, 0.3) is 16.9 Å². The summed E-state index contributed by atoms with van der Waals surface area (Å²) in [6.45, 7) is 4.32. The number of benzene rings is 3. The third kappa shape index (κ3) is 5.40. The predicted octanol–water partition coefficient (Wildman–Crippen LogP) is 6.43. The number of aromatic nitrogens is 1. The fourth-order valence-corrected chi connectivity index (χ4v) is 4.31. The van der Waals surface area contributed by atoms with Gasteiger partial charge in [-0.2, -0.15) is 0 Å². The van der Waals surface area contributed by atoms with Gasteiger partial charge < -0.3 is 28.4 Å². The molecule has 0 saturated heterocycles. The van der Waals surface area contributed by atoms with Gasteiger partial charge in [0.1, 0.15) is 18.1 Å². The first-order valence-electron chi connectivity index (χ1n) is 11.9. The Labute approximate surface area is 217 Å². The van der Waals surface area contributed by atoms with Crippen molar-refractivity contribution in [2.75, 3.05) is 28.4 Å². The third-order valence-electron chi connectivity index (χ3n) is 6.26. The molecule has 0 bridgehead atoms. The molecular weight excluding hydrogens is 468 g/mol. The zero-order valence-electron chi connectivity index (χ0n) is 22.1. The summed E-state index contributed by atoms with van der Waals surface area (Å²) >= 11 is 0. The predicted molar refractivity (Wildman–Crippen MR) is 146 cm³/mol. The molecule has 0 unspecified atom stereocenters. The molecular formula is C30H32N2O5. The molecule has 0 aliphatic heterocycles. The van der Waals surface area contributed by atoms with Crippen molar-refractivity contribution >= 4 is 5.71 Å². The highest BCUT2D eigenvalue weighted by molar-refractivity contribution is 6.01. The first kappa shape index (κ1) is 25.7. The van der Waals surface area contributed by atoms with Crippen LogP contribution >= 0.6 is 0 Å². The van der Waals surface area contributed by atoms with Crippen molar-refractivity contribution in [3.05, 3.63) is 89.6 Å². The lowest BCUT2D eigenvalue weighted by molar-refractivity contribution is 0.128. The molecule has 0 radical (unpaired) electrons. The summed E-state index contributed by atoms with van der Waals surface area (Å²) < 4.78 is 24.0. The molecule has 4 aromatic rings. The van der Waals surface area contributed by atoms with E-state index in [4.69, 9.17) is 23.8 Å². The molecule has 0 aliphatic rings. The van der Waals surface area contributed by atoms with Crippen LogP contribution in [-0.2, 0) is 11.4 Å². The Bertz CT molecular complexity index is 1390. The molecule has 1 heterocycles. The Morgan fingerprint density at radius 2 is 1.46 bits per heavy atom. The topological polar surface area (TPSA) is 63.4 Å². The van der Waals surface area contributed by atoms with Crippen LogP contribution in [0.4, 0.5) is 0 Å². The van der Waals surface area contributed by atoms with Gasteiger partial charge in [0.15, 0.2) is 11.5 Å². The molecule has 0 aliphatic carbocycles. The Kier molecular flexibility index (Phi) is 8.03. The number of oxime groups is 1. The van der Waals surface area contributed by atoms with Gasteiger partial charge in [0, 0.05) is 28.6 Å². The first-order chi connectivity index (χ1) is 18.0. The van der Waals surface area contributed by atoms with Gasteiger partial charge in [-0.1, -0.05) is 23.4 Å². The van der Waals surface area contributed by atoms with E-state index < -0.39 is 0 Å². The fraction of sp³-hybridized carbons (Fsp3) is 0.233. The second-order valence-electron chi connectivity index (χ2n) is 8.39. The van der Waals surface area contributed by atoms with Gasteiger partial charge >= 0.3 is 0 Å². The molecule has 0 amide bonds. The van der Waals surface area contributed by atoms with Crippen LogP contribution < -0.4 is 18.9 Å². The molecule has 1 aromatic heterocycles. The molecule has 0 fully saturated rings. The minimum absolute atomic E-state index is 0.308. The SMILES string of the molecule is COc1ccc(-c2cc(/C(C)=N/OCc3ccccc3OC)c(C)n2-c2ccc(OC)c(OC)c2)cc1. The van der Waals surface area contributed by atoms with Gasteiger partial charge in [-0.3, -0.25) is 0 Å². The van der Waals surface area contributed by atoms with Crippen molar-refractivity contribution in [3.63, 3.8) is 0 Å². The minimum atomic E-state index is 0.308. The van der Waals surface area contributed by atoms with E-state index in [2.05, 4.69) is 22.7 Å².